The predicted molar refractivity (Wildman–Crippen MR) is 116 cm³/mol. The Morgan fingerprint density at radius 1 is 1.15 bits per heavy atom. The normalized spacial score (nSPS) is 15.8. The Hall–Kier alpha value is -1.53. The quantitative estimate of drug-likeness (QED) is 0.485. The van der Waals surface area contributed by atoms with E-state index in [1.807, 2.05) is 18.2 Å². The van der Waals surface area contributed by atoms with Crippen LogP contribution in [0.1, 0.15) is 18.1 Å². The molecular formula is C19H16Cl2N2OS2. The Kier molecular flexibility index (Phi) is 6.24. The third-order valence-electron chi connectivity index (χ3n) is 3.92. The highest BCUT2D eigenvalue weighted by Crippen LogP contribution is 2.33. The fourth-order valence-electron chi connectivity index (χ4n) is 2.42. The minimum Gasteiger partial charge on any atom is -0.367 e. The highest BCUT2D eigenvalue weighted by molar-refractivity contribution is 8.26. The van der Waals surface area contributed by atoms with Gasteiger partial charge in [-0.05, 0) is 47.9 Å². The Bertz CT molecular complexity index is 882. The van der Waals surface area contributed by atoms with Gasteiger partial charge in [-0.2, -0.15) is 0 Å². The van der Waals surface area contributed by atoms with Crippen LogP contribution in [0.4, 0.5) is 5.69 Å². The molecule has 0 saturated carbocycles. The van der Waals surface area contributed by atoms with Crippen LogP contribution in [-0.4, -0.2) is 21.8 Å². The third-order valence-corrected chi connectivity index (χ3v) is 6.04. The van der Waals surface area contributed by atoms with Crippen molar-refractivity contribution >= 4 is 69.2 Å². The van der Waals surface area contributed by atoms with Crippen molar-refractivity contribution in [1.82, 2.24) is 4.90 Å². The number of hydrogen-bond donors (Lipinski definition) is 1. The summed E-state index contributed by atoms with van der Waals surface area (Å²) in [7, 11) is 0. The molecule has 26 heavy (non-hydrogen) atoms. The maximum Gasteiger partial charge on any atom is 0.267 e. The van der Waals surface area contributed by atoms with Crippen molar-refractivity contribution in [2.75, 3.05) is 12.0 Å². The lowest BCUT2D eigenvalue weighted by molar-refractivity contribution is -0.121. The molecule has 7 heteroatoms. The highest BCUT2D eigenvalue weighted by Gasteiger charge is 2.31. The zero-order valence-corrected chi connectivity index (χ0v) is 17.1. The first-order valence-electron chi connectivity index (χ1n) is 8.01. The largest absolute Gasteiger partial charge is 0.367 e. The average molecular weight is 423 g/mol. The summed E-state index contributed by atoms with van der Waals surface area (Å²) in [6, 6.07) is 13.4. The lowest BCUT2D eigenvalue weighted by Crippen LogP contribution is -2.33. The van der Waals surface area contributed by atoms with Crippen LogP contribution < -0.4 is 5.32 Å². The average Bonchev–Trinajstić information content (AvgIpc) is 2.90. The lowest BCUT2D eigenvalue weighted by Gasteiger charge is -2.16. The van der Waals surface area contributed by atoms with E-state index in [-0.39, 0.29) is 5.91 Å². The summed E-state index contributed by atoms with van der Waals surface area (Å²) in [5.74, 6) is -0.122. The zero-order valence-electron chi connectivity index (χ0n) is 14.0. The van der Waals surface area contributed by atoms with Crippen LogP contribution in [0.3, 0.4) is 0 Å². The first-order chi connectivity index (χ1) is 12.5. The van der Waals surface area contributed by atoms with Gasteiger partial charge in [0, 0.05) is 5.69 Å². The van der Waals surface area contributed by atoms with E-state index in [0.717, 1.165) is 17.7 Å². The van der Waals surface area contributed by atoms with Gasteiger partial charge in [0.2, 0.25) is 0 Å². The maximum absolute atomic E-state index is 12.6. The van der Waals surface area contributed by atoms with E-state index in [1.165, 1.54) is 17.3 Å². The fourth-order valence-corrected chi connectivity index (χ4v) is 3.98. The predicted octanol–water partition coefficient (Wildman–Crippen LogP) is 5.83. The van der Waals surface area contributed by atoms with E-state index >= 15 is 0 Å². The molecule has 3 nitrogen and oxygen atoms in total. The standard InChI is InChI=1S/C19H16Cl2N2OS2/c1-2-12-3-6-14(7-4-12)22-11-23-18(24)17(26-19(23)25)10-13-5-8-15(20)16(21)9-13/h3-10,22H,2,11H2,1H3/b17-10+. The summed E-state index contributed by atoms with van der Waals surface area (Å²) in [5, 5.41) is 4.17. The number of benzene rings is 2. The summed E-state index contributed by atoms with van der Waals surface area (Å²) in [6.45, 7) is 2.44. The van der Waals surface area contributed by atoms with Crippen LogP contribution in [0.5, 0.6) is 0 Å². The summed E-state index contributed by atoms with van der Waals surface area (Å²) >= 11 is 18.6. The van der Waals surface area contributed by atoms with Crippen molar-refractivity contribution in [3.63, 3.8) is 0 Å². The molecule has 1 heterocycles. The van der Waals surface area contributed by atoms with Crippen LogP contribution in [0, 0.1) is 0 Å². The molecule has 0 unspecified atom stereocenters. The number of carbonyl (C=O) groups excluding carboxylic acids is 1. The van der Waals surface area contributed by atoms with Crippen molar-refractivity contribution in [3.05, 3.63) is 68.5 Å². The van der Waals surface area contributed by atoms with Gasteiger partial charge in [-0.1, -0.05) is 72.3 Å². The first kappa shape index (κ1) is 19.2. The first-order valence-corrected chi connectivity index (χ1v) is 9.99. The SMILES string of the molecule is CCc1ccc(NCN2C(=O)/C(=C\c3ccc(Cl)c(Cl)c3)SC2=S)cc1. The topological polar surface area (TPSA) is 32.3 Å². The van der Waals surface area contributed by atoms with Gasteiger partial charge < -0.3 is 5.32 Å². The van der Waals surface area contributed by atoms with E-state index < -0.39 is 0 Å². The van der Waals surface area contributed by atoms with Gasteiger partial charge in [0.25, 0.3) is 5.91 Å². The molecule has 0 bridgehead atoms. The molecule has 3 rings (SSSR count). The van der Waals surface area contributed by atoms with Gasteiger partial charge in [0.05, 0.1) is 21.6 Å². The van der Waals surface area contributed by atoms with Crippen molar-refractivity contribution in [2.24, 2.45) is 0 Å². The van der Waals surface area contributed by atoms with Crippen LogP contribution in [0.2, 0.25) is 10.0 Å². The van der Waals surface area contributed by atoms with Gasteiger partial charge in [0.15, 0.2) is 0 Å². The Labute approximate surface area is 172 Å². The van der Waals surface area contributed by atoms with Crippen LogP contribution in [0.15, 0.2) is 47.4 Å². The molecule has 2 aromatic carbocycles. The number of carbonyl (C=O) groups is 1. The second-order valence-electron chi connectivity index (χ2n) is 5.67. The summed E-state index contributed by atoms with van der Waals surface area (Å²) < 4.78 is 0.527. The number of nitrogens with zero attached hydrogens (tertiary/aromatic N) is 1. The smallest absolute Gasteiger partial charge is 0.267 e. The van der Waals surface area contributed by atoms with Crippen LogP contribution in [0.25, 0.3) is 6.08 Å². The Morgan fingerprint density at radius 2 is 1.88 bits per heavy atom. The molecule has 2 aromatic rings. The molecule has 1 saturated heterocycles. The van der Waals surface area contributed by atoms with E-state index in [9.17, 15) is 4.79 Å². The number of hydrogen-bond acceptors (Lipinski definition) is 4. The van der Waals surface area contributed by atoms with E-state index in [4.69, 9.17) is 35.4 Å². The van der Waals surface area contributed by atoms with Gasteiger partial charge in [-0.3, -0.25) is 9.69 Å². The molecule has 1 aliphatic rings. The van der Waals surface area contributed by atoms with Crippen molar-refractivity contribution in [1.29, 1.82) is 0 Å². The van der Waals surface area contributed by atoms with Gasteiger partial charge in [0.1, 0.15) is 4.32 Å². The third kappa shape index (κ3) is 4.41. The number of aryl methyl sites for hydroxylation is 1. The number of thioether (sulfide) groups is 1. The highest BCUT2D eigenvalue weighted by atomic mass is 35.5. The lowest BCUT2D eigenvalue weighted by atomic mass is 10.1. The minimum atomic E-state index is -0.122. The molecule has 1 aliphatic heterocycles. The summed E-state index contributed by atoms with van der Waals surface area (Å²) in [6.07, 6.45) is 2.77. The fraction of sp³-hybridized carbons (Fsp3) is 0.158. The van der Waals surface area contributed by atoms with Crippen molar-refractivity contribution < 1.29 is 4.79 Å². The molecule has 1 N–H and O–H groups in total. The summed E-state index contributed by atoms with van der Waals surface area (Å²) in [5.41, 5.74) is 3.03. The maximum atomic E-state index is 12.6. The van der Waals surface area contributed by atoms with Gasteiger partial charge in [-0.25, -0.2) is 0 Å². The number of amides is 1. The van der Waals surface area contributed by atoms with Crippen molar-refractivity contribution in [3.8, 4) is 0 Å². The van der Waals surface area contributed by atoms with Crippen molar-refractivity contribution in [2.45, 2.75) is 13.3 Å². The number of thiocarbonyl (C=S) groups is 1. The monoisotopic (exact) mass is 422 g/mol. The molecule has 0 aliphatic carbocycles. The van der Waals surface area contributed by atoms with E-state index in [0.29, 0.717) is 25.9 Å². The number of rotatable bonds is 5. The molecule has 0 atom stereocenters. The van der Waals surface area contributed by atoms with Crippen LogP contribution >= 0.6 is 47.2 Å². The second-order valence-corrected chi connectivity index (χ2v) is 8.16. The molecular weight excluding hydrogens is 407 g/mol. The van der Waals surface area contributed by atoms with E-state index in [2.05, 4.69) is 24.4 Å². The molecule has 0 aromatic heterocycles. The molecule has 1 amide bonds. The number of halogens is 2. The minimum absolute atomic E-state index is 0.122. The van der Waals surface area contributed by atoms with E-state index in [1.54, 1.807) is 23.1 Å². The summed E-state index contributed by atoms with van der Waals surface area (Å²) in [4.78, 5) is 14.8. The van der Waals surface area contributed by atoms with Gasteiger partial charge >= 0.3 is 0 Å². The molecule has 0 radical (unpaired) electrons. The number of anilines is 1. The molecule has 1 fully saturated rings. The molecule has 0 spiro atoms. The number of nitrogens with one attached hydrogen (secondary N) is 1. The Morgan fingerprint density at radius 3 is 2.54 bits per heavy atom. The Balaban J connectivity index is 1.69. The zero-order chi connectivity index (χ0) is 18.7. The molecule has 134 valence electrons. The second kappa shape index (κ2) is 8.44. The van der Waals surface area contributed by atoms with Crippen LogP contribution in [-0.2, 0) is 11.2 Å². The van der Waals surface area contributed by atoms with Gasteiger partial charge in [-0.15, -0.1) is 0 Å².